The highest BCUT2D eigenvalue weighted by Gasteiger charge is 2.11. The lowest BCUT2D eigenvalue weighted by molar-refractivity contribution is -0.137. The number of carboxylic acids is 1. The van der Waals surface area contributed by atoms with Gasteiger partial charge >= 0.3 is 5.97 Å². The number of amides is 1. The molecule has 2 N–H and O–H groups in total. The number of carboxylic acid groups (broad SMARTS) is 1. The largest absolute Gasteiger partial charge is 0.481 e. The van der Waals surface area contributed by atoms with Crippen molar-refractivity contribution in [3.05, 3.63) is 35.4 Å². The van der Waals surface area contributed by atoms with Gasteiger partial charge in [-0.05, 0) is 31.0 Å². The summed E-state index contributed by atoms with van der Waals surface area (Å²) in [6.07, 6.45) is 2.02. The number of hydrogen-bond acceptors (Lipinski definition) is 3. The molecule has 20 heavy (non-hydrogen) atoms. The summed E-state index contributed by atoms with van der Waals surface area (Å²) in [7, 11) is -0.954. The van der Waals surface area contributed by atoms with Crippen LogP contribution in [0.4, 0.5) is 0 Å². The number of hydrogen-bond donors (Lipinski definition) is 2. The second-order valence-electron chi connectivity index (χ2n) is 4.72. The second kappa shape index (κ2) is 7.79. The molecule has 0 radical (unpaired) electrons. The molecule has 0 aromatic heterocycles. The van der Waals surface area contributed by atoms with Crippen LogP contribution < -0.4 is 5.32 Å². The molecule has 0 aliphatic carbocycles. The van der Waals surface area contributed by atoms with Gasteiger partial charge in [-0.15, -0.1) is 0 Å². The Morgan fingerprint density at radius 1 is 1.40 bits per heavy atom. The molecule has 1 rings (SSSR count). The Labute approximate surface area is 120 Å². The first kappa shape index (κ1) is 16.4. The summed E-state index contributed by atoms with van der Waals surface area (Å²) in [6, 6.07) is 6.76. The lowest BCUT2D eigenvalue weighted by atomic mass is 10.1. The fraction of sp³-hybridized carbons (Fsp3) is 0.429. The van der Waals surface area contributed by atoms with Gasteiger partial charge in [0.25, 0.3) is 5.91 Å². The minimum atomic E-state index is -0.954. The van der Waals surface area contributed by atoms with Crippen LogP contribution >= 0.6 is 0 Å². The standard InChI is InChI=1S/C14H19NO4S/c1-10(6-7-13(16)17)15-14(18)12-5-3-4-11(8-12)9-20(2)19/h3-5,8,10H,6-7,9H2,1-2H3,(H,15,18)(H,16,17). The van der Waals surface area contributed by atoms with Gasteiger partial charge in [-0.1, -0.05) is 12.1 Å². The second-order valence-corrected chi connectivity index (χ2v) is 6.16. The molecule has 0 aliphatic heterocycles. The Bertz CT molecular complexity index is 516. The first-order chi connectivity index (χ1) is 9.38. The Morgan fingerprint density at radius 2 is 2.10 bits per heavy atom. The Morgan fingerprint density at radius 3 is 2.70 bits per heavy atom. The molecule has 0 saturated heterocycles. The third-order valence-corrected chi connectivity index (χ3v) is 3.47. The number of nitrogens with one attached hydrogen (secondary N) is 1. The van der Waals surface area contributed by atoms with Crippen molar-refractivity contribution in [2.75, 3.05) is 6.26 Å². The third-order valence-electron chi connectivity index (χ3n) is 2.73. The lowest BCUT2D eigenvalue weighted by Crippen LogP contribution is -2.33. The van der Waals surface area contributed by atoms with Crippen molar-refractivity contribution in [3.8, 4) is 0 Å². The summed E-state index contributed by atoms with van der Waals surface area (Å²) in [5.74, 6) is -0.708. The summed E-state index contributed by atoms with van der Waals surface area (Å²) in [6.45, 7) is 1.77. The van der Waals surface area contributed by atoms with Crippen LogP contribution in [0.25, 0.3) is 0 Å². The average molecular weight is 297 g/mol. The molecule has 1 aromatic carbocycles. The fourth-order valence-electron chi connectivity index (χ4n) is 1.76. The van der Waals surface area contributed by atoms with Crippen LogP contribution in [0, 0.1) is 0 Å². The van der Waals surface area contributed by atoms with E-state index in [1.54, 1.807) is 31.4 Å². The predicted octanol–water partition coefficient (Wildman–Crippen LogP) is 1.55. The van der Waals surface area contributed by atoms with Gasteiger partial charge in [-0.25, -0.2) is 0 Å². The Hall–Kier alpha value is -1.69. The maximum Gasteiger partial charge on any atom is 0.303 e. The van der Waals surface area contributed by atoms with E-state index >= 15 is 0 Å². The van der Waals surface area contributed by atoms with E-state index in [1.807, 2.05) is 6.07 Å². The summed E-state index contributed by atoms with van der Waals surface area (Å²) in [4.78, 5) is 22.5. The molecule has 0 fully saturated rings. The Kier molecular flexibility index (Phi) is 6.38. The van der Waals surface area contributed by atoms with E-state index in [-0.39, 0.29) is 18.4 Å². The number of carbonyl (C=O) groups excluding carboxylic acids is 1. The van der Waals surface area contributed by atoms with Crippen LogP contribution in [0.2, 0.25) is 0 Å². The van der Waals surface area contributed by atoms with E-state index in [4.69, 9.17) is 5.11 Å². The number of carbonyl (C=O) groups is 2. The van der Waals surface area contributed by atoms with Gasteiger partial charge in [-0.3, -0.25) is 13.8 Å². The van der Waals surface area contributed by atoms with E-state index in [0.717, 1.165) is 5.56 Å². The molecule has 2 unspecified atom stereocenters. The lowest BCUT2D eigenvalue weighted by Gasteiger charge is -2.13. The molecule has 0 aliphatic rings. The number of rotatable bonds is 7. The molecule has 2 atom stereocenters. The molecule has 0 heterocycles. The zero-order valence-corrected chi connectivity index (χ0v) is 12.4. The molecule has 0 saturated carbocycles. The molecular formula is C14H19NO4S. The summed E-state index contributed by atoms with van der Waals surface area (Å²) >= 11 is 0. The maximum absolute atomic E-state index is 12.0. The normalized spacial score (nSPS) is 13.5. The van der Waals surface area contributed by atoms with Crippen molar-refractivity contribution >= 4 is 22.7 Å². The van der Waals surface area contributed by atoms with Crippen molar-refractivity contribution in [3.63, 3.8) is 0 Å². The molecule has 1 amide bonds. The highest BCUT2D eigenvalue weighted by molar-refractivity contribution is 7.83. The molecule has 6 heteroatoms. The van der Waals surface area contributed by atoms with Crippen LogP contribution in [0.1, 0.15) is 35.7 Å². The summed E-state index contributed by atoms with van der Waals surface area (Å²) in [5.41, 5.74) is 1.34. The minimum absolute atomic E-state index is 0.0241. The van der Waals surface area contributed by atoms with E-state index in [9.17, 15) is 13.8 Å². The highest BCUT2D eigenvalue weighted by Crippen LogP contribution is 2.08. The summed E-state index contributed by atoms with van der Waals surface area (Å²) < 4.78 is 11.2. The number of benzene rings is 1. The zero-order chi connectivity index (χ0) is 15.1. The van der Waals surface area contributed by atoms with Crippen molar-refractivity contribution in [2.45, 2.75) is 31.6 Å². The third kappa shape index (κ3) is 5.97. The monoisotopic (exact) mass is 297 g/mol. The first-order valence-corrected chi connectivity index (χ1v) is 8.03. The topological polar surface area (TPSA) is 83.5 Å². The van der Waals surface area contributed by atoms with Gasteiger partial charge in [0.2, 0.25) is 0 Å². The fourth-order valence-corrected chi connectivity index (χ4v) is 2.41. The molecular weight excluding hydrogens is 278 g/mol. The molecule has 5 nitrogen and oxygen atoms in total. The van der Waals surface area contributed by atoms with Gasteiger partial charge in [0.1, 0.15) is 0 Å². The molecule has 110 valence electrons. The van der Waals surface area contributed by atoms with Crippen LogP contribution in [-0.2, 0) is 21.3 Å². The SMILES string of the molecule is CC(CCC(=O)O)NC(=O)c1cccc(CS(C)=O)c1. The molecule has 0 bridgehead atoms. The minimum Gasteiger partial charge on any atom is -0.481 e. The van der Waals surface area contributed by atoms with Crippen molar-refractivity contribution < 1.29 is 18.9 Å². The van der Waals surface area contributed by atoms with Gasteiger partial charge in [0.15, 0.2) is 0 Å². The van der Waals surface area contributed by atoms with Crippen LogP contribution in [0.5, 0.6) is 0 Å². The molecule has 0 spiro atoms. The quantitative estimate of drug-likeness (QED) is 0.800. The van der Waals surface area contributed by atoms with Crippen molar-refractivity contribution in [1.29, 1.82) is 0 Å². The van der Waals surface area contributed by atoms with Crippen LogP contribution in [0.15, 0.2) is 24.3 Å². The first-order valence-electron chi connectivity index (χ1n) is 6.30. The van der Waals surface area contributed by atoms with Gasteiger partial charge in [-0.2, -0.15) is 0 Å². The molecule has 1 aromatic rings. The van der Waals surface area contributed by atoms with E-state index in [1.165, 1.54) is 0 Å². The average Bonchev–Trinajstić information content (AvgIpc) is 2.36. The predicted molar refractivity (Wildman–Crippen MR) is 78.0 cm³/mol. The summed E-state index contributed by atoms with van der Waals surface area (Å²) in [5, 5.41) is 11.3. The van der Waals surface area contributed by atoms with E-state index in [2.05, 4.69) is 5.32 Å². The zero-order valence-electron chi connectivity index (χ0n) is 11.6. The van der Waals surface area contributed by atoms with Crippen molar-refractivity contribution in [2.24, 2.45) is 0 Å². The highest BCUT2D eigenvalue weighted by atomic mass is 32.2. The van der Waals surface area contributed by atoms with E-state index < -0.39 is 16.8 Å². The van der Waals surface area contributed by atoms with Gasteiger partial charge in [0.05, 0.1) is 0 Å². The van der Waals surface area contributed by atoms with E-state index in [0.29, 0.717) is 17.7 Å². The Balaban J connectivity index is 2.62. The van der Waals surface area contributed by atoms with Gasteiger partial charge < -0.3 is 10.4 Å². The maximum atomic E-state index is 12.0. The van der Waals surface area contributed by atoms with Crippen LogP contribution in [-0.4, -0.2) is 33.5 Å². The van der Waals surface area contributed by atoms with Crippen molar-refractivity contribution in [1.82, 2.24) is 5.32 Å². The smallest absolute Gasteiger partial charge is 0.303 e. The van der Waals surface area contributed by atoms with Crippen LogP contribution in [0.3, 0.4) is 0 Å². The van der Waals surface area contributed by atoms with Gasteiger partial charge in [0, 0.05) is 40.8 Å². The number of aliphatic carboxylic acids is 1.